The summed E-state index contributed by atoms with van der Waals surface area (Å²) in [5.74, 6) is -1.23. The second-order valence-electron chi connectivity index (χ2n) is 4.00. The molecule has 0 atom stereocenters. The van der Waals surface area contributed by atoms with Crippen molar-refractivity contribution in [3.63, 3.8) is 0 Å². The molecular formula is C13H12F2N2O2S. The van der Waals surface area contributed by atoms with Crippen molar-refractivity contribution >= 4 is 11.8 Å². The highest BCUT2D eigenvalue weighted by atomic mass is 32.2. The molecule has 106 valence electrons. The number of aromatic nitrogens is 2. The lowest BCUT2D eigenvalue weighted by Gasteiger charge is -2.09. The molecule has 4 nitrogen and oxygen atoms in total. The summed E-state index contributed by atoms with van der Waals surface area (Å²) < 4.78 is 32.9. The largest absolute Gasteiger partial charge is 0.472 e. The maximum atomic E-state index is 13.4. The number of hydrogen-bond donors (Lipinski definition) is 0. The third-order valence-corrected chi connectivity index (χ3v) is 3.37. The quantitative estimate of drug-likeness (QED) is 0.642. The van der Waals surface area contributed by atoms with E-state index in [0.29, 0.717) is 5.16 Å². The Morgan fingerprint density at radius 2 is 2.10 bits per heavy atom. The van der Waals surface area contributed by atoms with Gasteiger partial charge in [-0.25, -0.2) is 8.78 Å². The first-order chi connectivity index (χ1) is 9.51. The molecule has 0 aliphatic rings. The van der Waals surface area contributed by atoms with E-state index in [-0.39, 0.29) is 23.6 Å². The van der Waals surface area contributed by atoms with Crippen molar-refractivity contribution in [2.45, 2.75) is 11.8 Å². The first kappa shape index (κ1) is 14.5. The van der Waals surface area contributed by atoms with E-state index in [9.17, 15) is 13.6 Å². The number of nitrogens with zero attached hydrogens (tertiary/aromatic N) is 2. The van der Waals surface area contributed by atoms with Crippen LogP contribution < -0.4 is 10.3 Å². The van der Waals surface area contributed by atoms with Crippen molar-refractivity contribution in [3.8, 4) is 5.88 Å². The molecule has 0 spiro atoms. The molecule has 0 unspecified atom stereocenters. The smallest absolute Gasteiger partial charge is 0.257 e. The van der Waals surface area contributed by atoms with Crippen LogP contribution in [0.2, 0.25) is 0 Å². The normalized spacial score (nSPS) is 10.6. The number of hydrogen-bond acceptors (Lipinski definition) is 4. The van der Waals surface area contributed by atoms with Gasteiger partial charge in [-0.1, -0.05) is 11.8 Å². The van der Waals surface area contributed by atoms with Gasteiger partial charge in [0.05, 0.1) is 6.07 Å². The summed E-state index contributed by atoms with van der Waals surface area (Å²) in [6.45, 7) is -0.125. The minimum atomic E-state index is -0.695. The summed E-state index contributed by atoms with van der Waals surface area (Å²) in [5.41, 5.74) is -0.0708. The molecule has 2 rings (SSSR count). The zero-order valence-corrected chi connectivity index (χ0v) is 11.7. The summed E-state index contributed by atoms with van der Waals surface area (Å²) in [6, 6.07) is 4.44. The standard InChI is InChI=1S/C13H12F2N2O2S/c1-17-12(18)6-11(16-13(17)20-2)19-7-8-3-4-9(14)5-10(8)15/h3-6H,7H2,1-2H3. The van der Waals surface area contributed by atoms with E-state index < -0.39 is 11.6 Å². The van der Waals surface area contributed by atoms with E-state index in [2.05, 4.69) is 4.98 Å². The third-order valence-electron chi connectivity index (χ3n) is 2.64. The van der Waals surface area contributed by atoms with Crippen molar-refractivity contribution < 1.29 is 13.5 Å². The van der Waals surface area contributed by atoms with Crippen LogP contribution in [0.1, 0.15) is 5.56 Å². The van der Waals surface area contributed by atoms with Crippen molar-refractivity contribution in [3.05, 3.63) is 51.8 Å². The van der Waals surface area contributed by atoms with Crippen LogP contribution in [0.4, 0.5) is 8.78 Å². The monoisotopic (exact) mass is 298 g/mol. The first-order valence-electron chi connectivity index (χ1n) is 5.70. The number of halogens is 2. The molecule has 0 aliphatic heterocycles. The van der Waals surface area contributed by atoms with Crippen molar-refractivity contribution in [1.82, 2.24) is 9.55 Å². The molecule has 1 aromatic carbocycles. The zero-order valence-electron chi connectivity index (χ0n) is 10.9. The average molecular weight is 298 g/mol. The average Bonchev–Trinajstić information content (AvgIpc) is 2.41. The van der Waals surface area contributed by atoms with Crippen LogP contribution in [0.5, 0.6) is 5.88 Å². The van der Waals surface area contributed by atoms with E-state index in [1.165, 1.54) is 28.5 Å². The Hall–Kier alpha value is -1.89. The van der Waals surface area contributed by atoms with E-state index >= 15 is 0 Å². The Balaban J connectivity index is 2.19. The van der Waals surface area contributed by atoms with Crippen LogP contribution in [0, 0.1) is 11.6 Å². The van der Waals surface area contributed by atoms with Gasteiger partial charge < -0.3 is 4.74 Å². The van der Waals surface area contributed by atoms with Crippen LogP contribution in [-0.4, -0.2) is 15.8 Å². The highest BCUT2D eigenvalue weighted by molar-refractivity contribution is 7.98. The molecule has 0 bridgehead atoms. The summed E-state index contributed by atoms with van der Waals surface area (Å²) >= 11 is 1.30. The Bertz CT molecular complexity index is 689. The molecule has 0 saturated heterocycles. The minimum Gasteiger partial charge on any atom is -0.472 e. The molecule has 0 aliphatic carbocycles. The number of thioether (sulfide) groups is 1. The molecule has 7 heteroatoms. The molecular weight excluding hydrogens is 286 g/mol. The molecule has 1 aromatic heterocycles. The highest BCUT2D eigenvalue weighted by Gasteiger charge is 2.08. The summed E-state index contributed by atoms with van der Waals surface area (Å²) in [5, 5.41) is 0.493. The fourth-order valence-corrected chi connectivity index (χ4v) is 2.09. The van der Waals surface area contributed by atoms with Crippen LogP contribution in [0.15, 0.2) is 34.2 Å². The van der Waals surface area contributed by atoms with Gasteiger partial charge in [-0.15, -0.1) is 0 Å². The van der Waals surface area contributed by atoms with Gasteiger partial charge in [-0.2, -0.15) is 4.98 Å². The topological polar surface area (TPSA) is 44.1 Å². The molecule has 20 heavy (non-hydrogen) atoms. The summed E-state index contributed by atoms with van der Waals surface area (Å²) in [7, 11) is 1.60. The zero-order chi connectivity index (χ0) is 14.7. The van der Waals surface area contributed by atoms with Gasteiger partial charge >= 0.3 is 0 Å². The van der Waals surface area contributed by atoms with E-state index in [1.54, 1.807) is 13.3 Å². The van der Waals surface area contributed by atoms with Gasteiger partial charge in [-0.3, -0.25) is 9.36 Å². The fraction of sp³-hybridized carbons (Fsp3) is 0.231. The lowest BCUT2D eigenvalue weighted by Crippen LogP contribution is -2.19. The highest BCUT2D eigenvalue weighted by Crippen LogP contribution is 2.15. The fourth-order valence-electron chi connectivity index (χ4n) is 1.55. The minimum absolute atomic E-state index is 0.112. The van der Waals surface area contributed by atoms with Gasteiger partial charge in [0.15, 0.2) is 5.16 Å². The Labute approximate surface area is 118 Å². The van der Waals surface area contributed by atoms with Gasteiger partial charge in [-0.05, 0) is 18.4 Å². The predicted molar refractivity (Wildman–Crippen MR) is 71.9 cm³/mol. The van der Waals surface area contributed by atoms with Gasteiger partial charge in [0.2, 0.25) is 5.88 Å². The Kier molecular flexibility index (Phi) is 4.39. The van der Waals surface area contributed by atoms with E-state index in [1.807, 2.05) is 0 Å². The molecule has 0 N–H and O–H groups in total. The van der Waals surface area contributed by atoms with E-state index in [4.69, 9.17) is 4.74 Å². The SMILES string of the molecule is CSc1nc(OCc2ccc(F)cc2F)cc(=O)n1C. The maximum absolute atomic E-state index is 13.4. The van der Waals surface area contributed by atoms with Gasteiger partial charge in [0.25, 0.3) is 5.56 Å². The lowest BCUT2D eigenvalue weighted by molar-refractivity contribution is 0.282. The number of benzene rings is 1. The molecule has 0 fully saturated rings. The van der Waals surface area contributed by atoms with Crippen LogP contribution in [0.3, 0.4) is 0 Å². The lowest BCUT2D eigenvalue weighted by atomic mass is 10.2. The van der Waals surface area contributed by atoms with Crippen LogP contribution in [0.25, 0.3) is 0 Å². The number of rotatable bonds is 4. The molecule has 1 heterocycles. The van der Waals surface area contributed by atoms with Crippen molar-refractivity contribution in [2.24, 2.45) is 7.05 Å². The molecule has 0 radical (unpaired) electrons. The van der Waals surface area contributed by atoms with Crippen LogP contribution in [-0.2, 0) is 13.7 Å². The maximum Gasteiger partial charge on any atom is 0.257 e. The Morgan fingerprint density at radius 3 is 2.75 bits per heavy atom. The first-order valence-corrected chi connectivity index (χ1v) is 6.92. The van der Waals surface area contributed by atoms with Crippen molar-refractivity contribution in [2.75, 3.05) is 6.26 Å². The van der Waals surface area contributed by atoms with Crippen LogP contribution >= 0.6 is 11.8 Å². The second-order valence-corrected chi connectivity index (χ2v) is 4.78. The molecule has 2 aromatic rings. The van der Waals surface area contributed by atoms with Crippen molar-refractivity contribution in [1.29, 1.82) is 0 Å². The third kappa shape index (κ3) is 3.16. The second kappa shape index (κ2) is 6.04. The Morgan fingerprint density at radius 1 is 1.35 bits per heavy atom. The predicted octanol–water partition coefficient (Wildman–Crippen LogP) is 2.36. The van der Waals surface area contributed by atoms with Gasteiger partial charge in [0.1, 0.15) is 18.2 Å². The summed E-state index contributed by atoms with van der Waals surface area (Å²) in [6.07, 6.45) is 1.78. The van der Waals surface area contributed by atoms with Gasteiger partial charge in [0, 0.05) is 18.7 Å². The van der Waals surface area contributed by atoms with E-state index in [0.717, 1.165) is 12.1 Å². The summed E-state index contributed by atoms with van der Waals surface area (Å²) in [4.78, 5) is 15.8. The molecule has 0 amide bonds. The molecule has 0 saturated carbocycles. The number of ether oxygens (including phenoxy) is 1.